The Kier molecular flexibility index (Phi) is 55.7. The molecule has 1 fully saturated rings. The topological polar surface area (TPSA) is 219 Å². The fourth-order valence-electron chi connectivity index (χ4n) is 5.73. The zero-order chi connectivity index (χ0) is 47.9. The Morgan fingerprint density at radius 2 is 0.769 bits per heavy atom. The largest absolute Gasteiger partial charge is 0.394 e. The summed E-state index contributed by atoms with van der Waals surface area (Å²) >= 11 is 0. The van der Waals surface area contributed by atoms with Gasteiger partial charge < -0.3 is 63.5 Å². The highest BCUT2D eigenvalue weighted by Crippen LogP contribution is 2.11. The van der Waals surface area contributed by atoms with Gasteiger partial charge in [0.2, 0.25) is 23.6 Å². The first-order chi connectivity index (χ1) is 32.0. The molecule has 1 aliphatic heterocycles. The summed E-state index contributed by atoms with van der Waals surface area (Å²) in [4.78, 5) is 47.7. The molecule has 18 nitrogen and oxygen atoms in total. The van der Waals surface area contributed by atoms with E-state index >= 15 is 0 Å². The van der Waals surface area contributed by atoms with E-state index in [4.69, 9.17) is 52.8 Å². The normalized spacial score (nSPS) is 12.2. The van der Waals surface area contributed by atoms with Gasteiger partial charge in [-0.15, -0.1) is 0 Å². The van der Waals surface area contributed by atoms with Gasteiger partial charge in [0.05, 0.1) is 92.4 Å². The van der Waals surface area contributed by atoms with E-state index in [1.54, 1.807) is 0 Å². The van der Waals surface area contributed by atoms with Crippen LogP contribution in [0.4, 0.5) is 0 Å². The number of nitrogens with zero attached hydrogens (tertiary/aromatic N) is 1. The van der Waals surface area contributed by atoms with Gasteiger partial charge in [-0.2, -0.15) is 0 Å². The van der Waals surface area contributed by atoms with Crippen molar-refractivity contribution >= 4 is 23.6 Å². The molecule has 1 rings (SSSR count). The molecule has 0 aromatic carbocycles. The molecule has 0 aromatic heterocycles. The molecule has 0 radical (unpaired) electrons. The molecular formula is C47H93N3O15. The minimum absolute atomic E-state index is 0.0106. The lowest BCUT2D eigenvalue weighted by Crippen LogP contribution is -2.39. The van der Waals surface area contributed by atoms with Crippen molar-refractivity contribution in [3.05, 3.63) is 0 Å². The lowest BCUT2D eigenvalue weighted by Gasteiger charge is -2.13. The van der Waals surface area contributed by atoms with Crippen LogP contribution in [0.25, 0.3) is 0 Å². The standard InChI is InChI=1S/C28H51N3O9.C17H36O6.C2H6/c32-15-21-38-17-8-5-9-19-40-23-22-39-18-7-4-2-1-3-6-16-37-20-13-29-26(34)24-30-25(33)12-14-31-27(35)10-11-28(31)36;1-2-3-8-19-9-5-4-6-10-20-12-14-22-16-17-23-15-13-21-11-7-18;1-2/h32H,1-24H2,(H,29,34)(H,30,33);18H,2-17H2,1H3;1-2H3. The highest BCUT2D eigenvalue weighted by atomic mass is 16.6. The molecule has 0 aromatic rings. The van der Waals surface area contributed by atoms with Crippen LogP contribution in [-0.2, 0) is 61.8 Å². The number of hydrogen-bond acceptors (Lipinski definition) is 15. The zero-order valence-corrected chi connectivity index (χ0v) is 40.9. The molecule has 386 valence electrons. The van der Waals surface area contributed by atoms with Gasteiger partial charge in [-0.3, -0.25) is 24.1 Å². The molecule has 0 saturated carbocycles. The van der Waals surface area contributed by atoms with Crippen molar-refractivity contribution in [2.75, 3.05) is 152 Å². The number of carbonyl (C=O) groups is 4. The Hall–Kier alpha value is -2.36. The molecule has 1 saturated heterocycles. The number of carbonyl (C=O) groups excluding carboxylic acids is 4. The molecule has 1 aliphatic rings. The van der Waals surface area contributed by atoms with Crippen LogP contribution in [-0.4, -0.2) is 191 Å². The fraction of sp³-hybridized carbons (Fsp3) is 0.915. The highest BCUT2D eigenvalue weighted by molar-refractivity contribution is 6.02. The summed E-state index contributed by atoms with van der Waals surface area (Å²) in [5.41, 5.74) is 0. The number of aliphatic hydroxyl groups is 2. The van der Waals surface area contributed by atoms with Crippen molar-refractivity contribution in [3.63, 3.8) is 0 Å². The van der Waals surface area contributed by atoms with Crippen LogP contribution in [0, 0.1) is 0 Å². The second-order valence-corrected chi connectivity index (χ2v) is 14.9. The molecule has 4 amide bonds. The van der Waals surface area contributed by atoms with E-state index < -0.39 is 0 Å². The van der Waals surface area contributed by atoms with Crippen molar-refractivity contribution in [2.24, 2.45) is 0 Å². The minimum Gasteiger partial charge on any atom is -0.394 e. The zero-order valence-electron chi connectivity index (χ0n) is 40.9. The monoisotopic (exact) mass is 940 g/mol. The smallest absolute Gasteiger partial charge is 0.239 e. The SMILES string of the molecule is CC.CCCCOCCCCCOCCOCCOCCOCCO.O=C(CCN1C(=O)CCC1=O)NCC(=O)NCCOCCCCCCCCOCCOCCCCCOCCO. The summed E-state index contributed by atoms with van der Waals surface area (Å²) in [7, 11) is 0. The molecule has 0 aliphatic carbocycles. The molecule has 0 atom stereocenters. The van der Waals surface area contributed by atoms with Gasteiger partial charge in [-0.1, -0.05) is 52.9 Å². The van der Waals surface area contributed by atoms with E-state index in [1.807, 2.05) is 13.8 Å². The van der Waals surface area contributed by atoms with Gasteiger partial charge in [-0.25, -0.2) is 0 Å². The molecule has 0 bridgehead atoms. The van der Waals surface area contributed by atoms with Crippen molar-refractivity contribution in [3.8, 4) is 0 Å². The van der Waals surface area contributed by atoms with Gasteiger partial charge in [0.15, 0.2) is 0 Å². The van der Waals surface area contributed by atoms with E-state index in [-0.39, 0.29) is 69.2 Å². The van der Waals surface area contributed by atoms with Crippen LogP contribution in [0.1, 0.15) is 130 Å². The lowest BCUT2D eigenvalue weighted by molar-refractivity contribution is -0.139. The predicted molar refractivity (Wildman–Crippen MR) is 250 cm³/mol. The fourth-order valence-corrected chi connectivity index (χ4v) is 5.73. The summed E-state index contributed by atoms with van der Waals surface area (Å²) in [5, 5.41) is 22.3. The van der Waals surface area contributed by atoms with Gasteiger partial charge >= 0.3 is 0 Å². The third-order valence-electron chi connectivity index (χ3n) is 9.32. The summed E-state index contributed by atoms with van der Waals surface area (Å²) < 4.78 is 48.7. The number of amides is 4. The molecule has 65 heavy (non-hydrogen) atoms. The van der Waals surface area contributed by atoms with E-state index in [0.29, 0.717) is 92.4 Å². The first-order valence-corrected chi connectivity index (χ1v) is 24.7. The van der Waals surface area contributed by atoms with Crippen LogP contribution < -0.4 is 10.6 Å². The maximum absolute atomic E-state index is 11.8. The summed E-state index contributed by atoms with van der Waals surface area (Å²) in [5.74, 6) is -1.20. The Morgan fingerprint density at radius 1 is 0.446 bits per heavy atom. The van der Waals surface area contributed by atoms with Crippen molar-refractivity contribution in [2.45, 2.75) is 130 Å². The number of rotatable bonds is 48. The molecular weight excluding hydrogens is 847 g/mol. The first-order valence-electron chi connectivity index (χ1n) is 24.7. The molecule has 0 unspecified atom stereocenters. The van der Waals surface area contributed by atoms with Gasteiger partial charge in [0.1, 0.15) is 0 Å². The van der Waals surface area contributed by atoms with Gasteiger partial charge in [-0.05, 0) is 57.8 Å². The number of aliphatic hydroxyl groups excluding tert-OH is 2. The molecule has 18 heteroatoms. The van der Waals surface area contributed by atoms with Crippen molar-refractivity contribution in [1.82, 2.24) is 15.5 Å². The van der Waals surface area contributed by atoms with E-state index in [9.17, 15) is 19.2 Å². The molecule has 1 heterocycles. The van der Waals surface area contributed by atoms with Crippen LogP contribution >= 0.6 is 0 Å². The highest BCUT2D eigenvalue weighted by Gasteiger charge is 2.28. The van der Waals surface area contributed by atoms with Crippen LogP contribution in [0.2, 0.25) is 0 Å². The second kappa shape index (κ2) is 56.0. The number of hydrogen-bond donors (Lipinski definition) is 4. The Balaban J connectivity index is 0. The van der Waals surface area contributed by atoms with Crippen molar-refractivity contribution < 1.29 is 72.0 Å². The third-order valence-corrected chi connectivity index (χ3v) is 9.32. The third kappa shape index (κ3) is 50.9. The maximum Gasteiger partial charge on any atom is 0.239 e. The van der Waals surface area contributed by atoms with Crippen molar-refractivity contribution in [1.29, 1.82) is 0 Å². The lowest BCUT2D eigenvalue weighted by atomic mass is 10.1. The van der Waals surface area contributed by atoms with Gasteiger partial charge in [0, 0.05) is 78.6 Å². The maximum atomic E-state index is 11.8. The number of nitrogens with one attached hydrogen (secondary N) is 2. The molecule has 0 spiro atoms. The molecule has 4 N–H and O–H groups in total. The van der Waals surface area contributed by atoms with Crippen LogP contribution in [0.3, 0.4) is 0 Å². The first kappa shape index (κ1) is 64.7. The second-order valence-electron chi connectivity index (χ2n) is 14.9. The number of likely N-dealkylation sites (tertiary alicyclic amines) is 1. The number of imide groups is 1. The summed E-state index contributed by atoms with van der Waals surface area (Å²) in [6.45, 7) is 17.9. The Bertz CT molecular complexity index is 996. The van der Waals surface area contributed by atoms with Crippen LogP contribution in [0.5, 0.6) is 0 Å². The predicted octanol–water partition coefficient (Wildman–Crippen LogP) is 4.39. The van der Waals surface area contributed by atoms with Gasteiger partial charge in [0.25, 0.3) is 0 Å². The van der Waals surface area contributed by atoms with Crippen LogP contribution in [0.15, 0.2) is 0 Å². The average molecular weight is 940 g/mol. The van der Waals surface area contributed by atoms with E-state index in [2.05, 4.69) is 17.6 Å². The Labute approximate surface area is 392 Å². The number of unbranched alkanes of at least 4 members (excludes halogenated alkanes) is 10. The minimum atomic E-state index is -0.378. The van der Waals surface area contributed by atoms with E-state index in [1.165, 1.54) is 12.8 Å². The quantitative estimate of drug-likeness (QED) is 0.0492. The average Bonchev–Trinajstić information content (AvgIpc) is 3.64. The summed E-state index contributed by atoms with van der Waals surface area (Å²) in [6.07, 6.45) is 15.8. The number of ether oxygens (including phenoxy) is 9. The van der Waals surface area contributed by atoms with E-state index in [0.717, 1.165) is 115 Å². The summed E-state index contributed by atoms with van der Waals surface area (Å²) in [6, 6.07) is 0. The Morgan fingerprint density at radius 3 is 1.18 bits per heavy atom.